The number of benzene rings is 1. The van der Waals surface area contributed by atoms with E-state index in [2.05, 4.69) is 15.3 Å². The highest BCUT2D eigenvalue weighted by molar-refractivity contribution is 5.79. The van der Waals surface area contributed by atoms with E-state index in [1.54, 1.807) is 13.3 Å². The van der Waals surface area contributed by atoms with Crippen LogP contribution in [0, 0.1) is 0 Å². The van der Waals surface area contributed by atoms with Crippen molar-refractivity contribution >= 4 is 12.3 Å². The SMILES string of the molecule is COc1ccccc1/C=C/C=N/n1cnnc1. The number of para-hydroxylation sites is 1. The van der Waals surface area contributed by atoms with Crippen molar-refractivity contribution < 1.29 is 4.74 Å². The van der Waals surface area contributed by atoms with Crippen LogP contribution in [0.5, 0.6) is 5.75 Å². The molecule has 1 aromatic heterocycles. The monoisotopic (exact) mass is 228 g/mol. The van der Waals surface area contributed by atoms with Gasteiger partial charge in [0.05, 0.1) is 7.11 Å². The maximum Gasteiger partial charge on any atom is 0.141 e. The third-order valence-electron chi connectivity index (χ3n) is 2.11. The highest BCUT2D eigenvalue weighted by Crippen LogP contribution is 2.18. The summed E-state index contributed by atoms with van der Waals surface area (Å²) in [5.74, 6) is 0.835. The predicted molar refractivity (Wildman–Crippen MR) is 65.9 cm³/mol. The lowest BCUT2D eigenvalue weighted by Gasteiger charge is -2.02. The minimum atomic E-state index is 0.835. The quantitative estimate of drug-likeness (QED) is 0.750. The first-order chi connectivity index (χ1) is 8.40. The molecule has 5 nitrogen and oxygen atoms in total. The van der Waals surface area contributed by atoms with Gasteiger partial charge in [-0.05, 0) is 18.2 Å². The van der Waals surface area contributed by atoms with Crippen LogP contribution >= 0.6 is 0 Å². The zero-order valence-electron chi connectivity index (χ0n) is 9.39. The number of methoxy groups -OCH3 is 1. The van der Waals surface area contributed by atoms with Crippen LogP contribution in [0.4, 0.5) is 0 Å². The summed E-state index contributed by atoms with van der Waals surface area (Å²) in [7, 11) is 1.65. The molecule has 0 aliphatic carbocycles. The van der Waals surface area contributed by atoms with Crippen LogP contribution in [0.2, 0.25) is 0 Å². The Bertz CT molecular complexity index is 517. The molecule has 1 aromatic carbocycles. The van der Waals surface area contributed by atoms with Crippen LogP contribution in [0.25, 0.3) is 6.08 Å². The summed E-state index contributed by atoms with van der Waals surface area (Å²) in [6, 6.07) is 7.78. The average Bonchev–Trinajstić information content (AvgIpc) is 2.88. The Kier molecular flexibility index (Phi) is 3.64. The van der Waals surface area contributed by atoms with Gasteiger partial charge >= 0.3 is 0 Å². The second-order valence-corrected chi connectivity index (χ2v) is 3.21. The lowest BCUT2D eigenvalue weighted by molar-refractivity contribution is 0.414. The third kappa shape index (κ3) is 3.01. The molecule has 0 atom stereocenters. The Balaban J connectivity index is 2.05. The van der Waals surface area contributed by atoms with E-state index in [-0.39, 0.29) is 0 Å². The van der Waals surface area contributed by atoms with Crippen LogP contribution in [0.1, 0.15) is 5.56 Å². The van der Waals surface area contributed by atoms with Crippen molar-refractivity contribution in [3.63, 3.8) is 0 Å². The van der Waals surface area contributed by atoms with Crippen molar-refractivity contribution in [1.82, 2.24) is 14.9 Å². The lowest BCUT2D eigenvalue weighted by Crippen LogP contribution is -1.86. The molecule has 0 bridgehead atoms. The van der Waals surface area contributed by atoms with Gasteiger partial charge in [-0.15, -0.1) is 10.2 Å². The summed E-state index contributed by atoms with van der Waals surface area (Å²) < 4.78 is 6.75. The molecule has 17 heavy (non-hydrogen) atoms. The topological polar surface area (TPSA) is 52.3 Å². The number of rotatable bonds is 4. The molecular weight excluding hydrogens is 216 g/mol. The molecule has 0 amide bonds. The summed E-state index contributed by atoms with van der Waals surface area (Å²) in [6.07, 6.45) is 8.46. The number of aromatic nitrogens is 3. The van der Waals surface area contributed by atoms with Gasteiger partial charge in [0.15, 0.2) is 0 Å². The Morgan fingerprint density at radius 3 is 2.76 bits per heavy atom. The first-order valence-electron chi connectivity index (χ1n) is 5.09. The average molecular weight is 228 g/mol. The second-order valence-electron chi connectivity index (χ2n) is 3.21. The third-order valence-corrected chi connectivity index (χ3v) is 2.11. The lowest BCUT2D eigenvalue weighted by atomic mass is 10.2. The van der Waals surface area contributed by atoms with E-state index in [1.807, 2.05) is 36.4 Å². The van der Waals surface area contributed by atoms with E-state index in [9.17, 15) is 0 Å². The van der Waals surface area contributed by atoms with Gasteiger partial charge in [0, 0.05) is 11.8 Å². The molecule has 0 aliphatic rings. The number of allylic oxidation sites excluding steroid dienone is 1. The smallest absolute Gasteiger partial charge is 0.141 e. The molecule has 0 aliphatic heterocycles. The summed E-state index contributed by atoms with van der Waals surface area (Å²) in [4.78, 5) is 0. The number of hydrogen-bond donors (Lipinski definition) is 0. The highest BCUT2D eigenvalue weighted by Gasteiger charge is 1.94. The first kappa shape index (κ1) is 11.1. The maximum atomic E-state index is 5.23. The fourth-order valence-corrected chi connectivity index (χ4v) is 1.32. The molecule has 0 saturated carbocycles. The van der Waals surface area contributed by atoms with E-state index in [1.165, 1.54) is 17.3 Å². The fraction of sp³-hybridized carbons (Fsp3) is 0.0833. The van der Waals surface area contributed by atoms with Crippen LogP contribution in [-0.4, -0.2) is 28.2 Å². The van der Waals surface area contributed by atoms with Gasteiger partial charge in [0.1, 0.15) is 18.4 Å². The van der Waals surface area contributed by atoms with E-state index in [0.717, 1.165) is 11.3 Å². The minimum absolute atomic E-state index is 0.835. The number of nitrogens with zero attached hydrogens (tertiary/aromatic N) is 4. The molecule has 0 spiro atoms. The number of hydrogen-bond acceptors (Lipinski definition) is 4. The standard InChI is InChI=1S/C12H12N4O/c1-17-12-7-3-2-5-11(12)6-4-8-15-16-9-13-14-10-16/h2-10H,1H3/b6-4+,15-8+. The van der Waals surface area contributed by atoms with Crippen LogP contribution in [-0.2, 0) is 0 Å². The molecule has 1 heterocycles. The molecule has 2 aromatic rings. The van der Waals surface area contributed by atoms with Gasteiger partial charge in [-0.2, -0.15) is 5.10 Å². The Morgan fingerprint density at radius 2 is 2.00 bits per heavy atom. The van der Waals surface area contributed by atoms with Crippen molar-refractivity contribution in [2.24, 2.45) is 5.10 Å². The molecular formula is C12H12N4O. The van der Waals surface area contributed by atoms with E-state index >= 15 is 0 Å². The van der Waals surface area contributed by atoms with Gasteiger partial charge < -0.3 is 4.74 Å². The van der Waals surface area contributed by atoms with Gasteiger partial charge in [0.25, 0.3) is 0 Å². The van der Waals surface area contributed by atoms with E-state index < -0.39 is 0 Å². The molecule has 0 unspecified atom stereocenters. The van der Waals surface area contributed by atoms with E-state index in [0.29, 0.717) is 0 Å². The molecule has 0 saturated heterocycles. The first-order valence-corrected chi connectivity index (χ1v) is 5.09. The maximum absolute atomic E-state index is 5.23. The van der Waals surface area contributed by atoms with E-state index in [4.69, 9.17) is 4.74 Å². The van der Waals surface area contributed by atoms with Crippen molar-refractivity contribution in [3.8, 4) is 5.75 Å². The molecule has 86 valence electrons. The molecule has 0 radical (unpaired) electrons. The zero-order valence-corrected chi connectivity index (χ0v) is 9.39. The van der Waals surface area contributed by atoms with Crippen molar-refractivity contribution in [2.45, 2.75) is 0 Å². The largest absolute Gasteiger partial charge is 0.496 e. The van der Waals surface area contributed by atoms with Crippen molar-refractivity contribution in [3.05, 3.63) is 48.6 Å². The summed E-state index contributed by atoms with van der Waals surface area (Å²) in [5.41, 5.74) is 1.00. The summed E-state index contributed by atoms with van der Waals surface area (Å²) >= 11 is 0. The Morgan fingerprint density at radius 1 is 1.24 bits per heavy atom. The van der Waals surface area contributed by atoms with Crippen molar-refractivity contribution in [1.29, 1.82) is 0 Å². The predicted octanol–water partition coefficient (Wildman–Crippen LogP) is 1.83. The summed E-state index contributed by atoms with van der Waals surface area (Å²) in [6.45, 7) is 0. The zero-order chi connectivity index (χ0) is 11.9. The summed E-state index contributed by atoms with van der Waals surface area (Å²) in [5, 5.41) is 11.4. The van der Waals surface area contributed by atoms with Crippen LogP contribution < -0.4 is 4.74 Å². The second kappa shape index (κ2) is 5.60. The van der Waals surface area contributed by atoms with Crippen LogP contribution in [0.3, 0.4) is 0 Å². The molecule has 5 heteroatoms. The fourth-order valence-electron chi connectivity index (χ4n) is 1.32. The Labute approximate surface area is 99.1 Å². The van der Waals surface area contributed by atoms with Gasteiger partial charge in [-0.1, -0.05) is 18.2 Å². The van der Waals surface area contributed by atoms with Gasteiger partial charge in [-0.3, -0.25) is 0 Å². The van der Waals surface area contributed by atoms with Crippen molar-refractivity contribution in [2.75, 3.05) is 7.11 Å². The van der Waals surface area contributed by atoms with Crippen LogP contribution in [0.15, 0.2) is 48.1 Å². The molecule has 0 N–H and O–H groups in total. The Hall–Kier alpha value is -2.43. The van der Waals surface area contributed by atoms with Gasteiger partial charge in [0.2, 0.25) is 0 Å². The normalized spacial score (nSPS) is 11.4. The molecule has 0 fully saturated rings. The minimum Gasteiger partial charge on any atom is -0.496 e. The highest BCUT2D eigenvalue weighted by atomic mass is 16.5. The molecule has 2 rings (SSSR count). The van der Waals surface area contributed by atoms with Gasteiger partial charge in [-0.25, -0.2) is 4.68 Å². The number of ether oxygens (including phenoxy) is 1.